The molecule has 3 nitrogen and oxygen atoms in total. The number of amides is 1. The van der Waals surface area contributed by atoms with E-state index in [0.717, 1.165) is 11.6 Å². The average Bonchev–Trinajstić information content (AvgIpc) is 2.56. The first-order valence-electron chi connectivity index (χ1n) is 8.19. The van der Waals surface area contributed by atoms with Crippen molar-refractivity contribution >= 4 is 11.6 Å². The molecule has 2 aromatic carbocycles. The van der Waals surface area contributed by atoms with Crippen LogP contribution in [0.1, 0.15) is 24.5 Å². The second-order valence-corrected chi connectivity index (χ2v) is 6.03. The predicted molar refractivity (Wildman–Crippen MR) is 92.3 cm³/mol. The number of nitrogens with one attached hydrogen (secondary N) is 2. The Morgan fingerprint density at radius 1 is 1.08 bits per heavy atom. The van der Waals surface area contributed by atoms with Crippen molar-refractivity contribution in [1.29, 1.82) is 0 Å². The van der Waals surface area contributed by atoms with Gasteiger partial charge in [0, 0.05) is 12.5 Å². The predicted octanol–water partition coefficient (Wildman–Crippen LogP) is 4.39. The molecule has 7 heteroatoms. The molecule has 0 aliphatic heterocycles. The molecule has 0 aliphatic rings. The first-order valence-corrected chi connectivity index (χ1v) is 8.19. The van der Waals surface area contributed by atoms with Crippen LogP contribution in [0.25, 0.3) is 0 Å². The summed E-state index contributed by atoms with van der Waals surface area (Å²) in [4.78, 5) is 12.0. The molecule has 1 atom stereocenters. The van der Waals surface area contributed by atoms with Crippen molar-refractivity contribution in [1.82, 2.24) is 5.32 Å². The van der Waals surface area contributed by atoms with Gasteiger partial charge < -0.3 is 10.6 Å². The Morgan fingerprint density at radius 2 is 1.73 bits per heavy atom. The summed E-state index contributed by atoms with van der Waals surface area (Å²) in [6.07, 6.45) is -3.83. The summed E-state index contributed by atoms with van der Waals surface area (Å²) in [5.74, 6) is -0.797. The van der Waals surface area contributed by atoms with Crippen LogP contribution in [0.5, 0.6) is 0 Å². The second kappa shape index (κ2) is 8.80. The summed E-state index contributed by atoms with van der Waals surface area (Å²) >= 11 is 0. The minimum absolute atomic E-state index is 0.0373. The minimum Gasteiger partial charge on any atom is -0.325 e. The summed E-state index contributed by atoms with van der Waals surface area (Å²) in [6.45, 7) is 2.35. The molecular weight excluding hydrogens is 348 g/mol. The van der Waals surface area contributed by atoms with Gasteiger partial charge in [0.15, 0.2) is 0 Å². The quantitative estimate of drug-likeness (QED) is 0.712. The molecule has 2 aromatic rings. The van der Waals surface area contributed by atoms with Crippen molar-refractivity contribution in [3.8, 4) is 0 Å². The van der Waals surface area contributed by atoms with Crippen LogP contribution in [0.4, 0.5) is 23.2 Å². The number of carbonyl (C=O) groups is 1. The summed E-state index contributed by atoms with van der Waals surface area (Å²) in [7, 11) is 0. The van der Waals surface area contributed by atoms with Gasteiger partial charge in [-0.3, -0.25) is 4.79 Å². The number of carbonyl (C=O) groups excluding carboxylic acids is 1. The highest BCUT2D eigenvalue weighted by molar-refractivity contribution is 5.92. The van der Waals surface area contributed by atoms with Gasteiger partial charge in [0.1, 0.15) is 5.82 Å². The van der Waals surface area contributed by atoms with E-state index in [4.69, 9.17) is 0 Å². The van der Waals surface area contributed by atoms with Crippen molar-refractivity contribution in [2.45, 2.75) is 32.0 Å². The largest absolute Gasteiger partial charge is 0.418 e. The summed E-state index contributed by atoms with van der Waals surface area (Å²) in [5.41, 5.74) is -0.163. The number of rotatable bonds is 7. The highest BCUT2D eigenvalue weighted by Gasteiger charge is 2.33. The summed E-state index contributed by atoms with van der Waals surface area (Å²) in [5, 5.41) is 5.45. The van der Waals surface area contributed by atoms with Crippen molar-refractivity contribution in [3.05, 3.63) is 65.5 Å². The van der Waals surface area contributed by atoms with Crippen LogP contribution in [0.3, 0.4) is 0 Å². The molecule has 1 amide bonds. The van der Waals surface area contributed by atoms with Crippen LogP contribution < -0.4 is 10.6 Å². The lowest BCUT2D eigenvalue weighted by Gasteiger charge is -2.16. The Labute approximate surface area is 149 Å². The molecule has 0 saturated carbocycles. The number of para-hydroxylation sites is 1. The smallest absolute Gasteiger partial charge is 0.325 e. The third-order valence-electron chi connectivity index (χ3n) is 3.82. The van der Waals surface area contributed by atoms with E-state index < -0.39 is 17.6 Å². The number of benzene rings is 2. The van der Waals surface area contributed by atoms with E-state index in [0.29, 0.717) is 13.0 Å². The van der Waals surface area contributed by atoms with Crippen LogP contribution in [0.15, 0.2) is 48.5 Å². The van der Waals surface area contributed by atoms with Crippen LogP contribution >= 0.6 is 0 Å². The maximum absolute atomic E-state index is 12.9. The lowest BCUT2D eigenvalue weighted by atomic mass is 10.1. The topological polar surface area (TPSA) is 41.1 Å². The maximum Gasteiger partial charge on any atom is 0.418 e. The Kier molecular flexibility index (Phi) is 6.74. The molecule has 0 saturated heterocycles. The first-order chi connectivity index (χ1) is 12.3. The second-order valence-electron chi connectivity index (χ2n) is 6.03. The molecule has 0 radical (unpaired) electrons. The van der Waals surface area contributed by atoms with Crippen molar-refractivity contribution in [2.75, 3.05) is 11.9 Å². The fourth-order valence-electron chi connectivity index (χ4n) is 2.50. The van der Waals surface area contributed by atoms with Gasteiger partial charge in [-0.1, -0.05) is 24.3 Å². The lowest BCUT2D eigenvalue weighted by molar-refractivity contribution is -0.137. The third-order valence-corrected chi connectivity index (χ3v) is 3.82. The van der Waals surface area contributed by atoms with Crippen LogP contribution in [0.2, 0.25) is 0 Å². The highest BCUT2D eigenvalue weighted by atomic mass is 19.4. The molecule has 2 N–H and O–H groups in total. The van der Waals surface area contributed by atoms with Crippen LogP contribution in [-0.4, -0.2) is 18.5 Å². The first kappa shape index (κ1) is 19.9. The average molecular weight is 368 g/mol. The fourth-order valence-corrected chi connectivity index (χ4v) is 2.50. The Morgan fingerprint density at radius 3 is 2.38 bits per heavy atom. The lowest BCUT2D eigenvalue weighted by Crippen LogP contribution is -2.32. The maximum atomic E-state index is 12.9. The zero-order valence-electron chi connectivity index (χ0n) is 14.2. The van der Waals surface area contributed by atoms with E-state index in [1.165, 1.54) is 30.3 Å². The van der Waals surface area contributed by atoms with Gasteiger partial charge in [-0.25, -0.2) is 4.39 Å². The van der Waals surface area contributed by atoms with Gasteiger partial charge in [-0.05, 0) is 49.7 Å². The Balaban J connectivity index is 1.81. The van der Waals surface area contributed by atoms with Gasteiger partial charge in [-0.15, -0.1) is 0 Å². The number of hydrogen-bond acceptors (Lipinski definition) is 2. The van der Waals surface area contributed by atoms with Crippen molar-refractivity contribution in [3.63, 3.8) is 0 Å². The molecule has 0 aliphatic carbocycles. The molecule has 1 unspecified atom stereocenters. The number of alkyl halides is 3. The van der Waals surface area contributed by atoms with E-state index in [2.05, 4.69) is 10.6 Å². The SMILES string of the molecule is CC(CC(=O)Nc1ccccc1C(F)(F)F)NCCc1ccc(F)cc1. The molecule has 140 valence electrons. The number of hydrogen-bond donors (Lipinski definition) is 2. The highest BCUT2D eigenvalue weighted by Crippen LogP contribution is 2.34. The molecular formula is C19H20F4N2O. The van der Waals surface area contributed by atoms with E-state index in [1.54, 1.807) is 19.1 Å². The van der Waals surface area contributed by atoms with Crippen molar-refractivity contribution < 1.29 is 22.4 Å². The molecule has 26 heavy (non-hydrogen) atoms. The monoisotopic (exact) mass is 368 g/mol. The molecule has 2 rings (SSSR count). The van der Waals surface area contributed by atoms with Gasteiger partial charge in [0.05, 0.1) is 11.3 Å². The molecule has 0 spiro atoms. The number of anilines is 1. The van der Waals surface area contributed by atoms with Crippen LogP contribution in [-0.2, 0) is 17.4 Å². The summed E-state index contributed by atoms with van der Waals surface area (Å²) in [6, 6.07) is 10.8. The fraction of sp³-hybridized carbons (Fsp3) is 0.316. The van der Waals surface area contributed by atoms with Gasteiger partial charge in [0.2, 0.25) is 5.91 Å². The molecule has 0 heterocycles. The van der Waals surface area contributed by atoms with Crippen LogP contribution in [0, 0.1) is 5.82 Å². The molecule has 0 bridgehead atoms. The summed E-state index contributed by atoms with van der Waals surface area (Å²) < 4.78 is 51.6. The Hall–Kier alpha value is -2.41. The van der Waals surface area contributed by atoms with E-state index in [-0.39, 0.29) is 24.0 Å². The third kappa shape index (κ3) is 6.15. The number of halogens is 4. The van der Waals surface area contributed by atoms with Gasteiger partial charge in [-0.2, -0.15) is 13.2 Å². The molecule has 0 aromatic heterocycles. The molecule has 0 fully saturated rings. The zero-order chi connectivity index (χ0) is 19.2. The van der Waals surface area contributed by atoms with Gasteiger partial charge in [0.25, 0.3) is 0 Å². The van der Waals surface area contributed by atoms with E-state index >= 15 is 0 Å². The van der Waals surface area contributed by atoms with Crippen molar-refractivity contribution in [2.24, 2.45) is 0 Å². The van der Waals surface area contributed by atoms with E-state index in [1.807, 2.05) is 0 Å². The minimum atomic E-state index is -4.52. The zero-order valence-corrected chi connectivity index (χ0v) is 14.2. The van der Waals surface area contributed by atoms with E-state index in [9.17, 15) is 22.4 Å². The van der Waals surface area contributed by atoms with Gasteiger partial charge >= 0.3 is 6.18 Å². The normalized spacial score (nSPS) is 12.7. The Bertz CT molecular complexity index is 729. The standard InChI is InChI=1S/C19H20F4N2O/c1-13(24-11-10-14-6-8-15(20)9-7-14)12-18(26)25-17-5-3-2-4-16(17)19(21,22)23/h2-9,13,24H,10-12H2,1H3,(H,25,26).